The van der Waals surface area contributed by atoms with E-state index < -0.39 is 4.87 Å². The third-order valence-corrected chi connectivity index (χ3v) is 5.80. The van der Waals surface area contributed by atoms with Crippen molar-refractivity contribution in [1.29, 1.82) is 0 Å². The molecule has 4 rings (SSSR count). The van der Waals surface area contributed by atoms with E-state index >= 15 is 0 Å². The van der Waals surface area contributed by atoms with Crippen LogP contribution in [-0.2, 0) is 11.3 Å². The highest BCUT2D eigenvalue weighted by molar-refractivity contribution is 6.32. The Hall–Kier alpha value is -1.71. The number of halogens is 2. The molecule has 2 atom stereocenters. The molecule has 2 aliphatic rings. The van der Waals surface area contributed by atoms with E-state index in [-0.39, 0.29) is 5.92 Å². The molecule has 5 heteroatoms. The summed E-state index contributed by atoms with van der Waals surface area (Å²) < 4.78 is 5.20. The number of hydrogen-bond donors (Lipinski definition) is 1. The van der Waals surface area contributed by atoms with Gasteiger partial charge in [0.1, 0.15) is 0 Å². The molecular weight excluding hydrogens is 343 g/mol. The molecule has 2 aliphatic carbocycles. The minimum atomic E-state index is -0.598. The molecule has 1 heterocycles. The number of alkyl halides is 1. The topological polar surface area (TPSA) is 52.0 Å². The molecule has 0 radical (unpaired) electrons. The van der Waals surface area contributed by atoms with E-state index in [1.165, 1.54) is 0 Å². The van der Waals surface area contributed by atoms with Gasteiger partial charge in [-0.15, -0.1) is 11.6 Å². The number of allylic oxidation sites excluding steroid dienone is 4. The van der Waals surface area contributed by atoms with E-state index in [1.807, 2.05) is 36.4 Å². The molecule has 2 aromatic rings. The molecule has 0 fully saturated rings. The van der Waals surface area contributed by atoms with Crippen LogP contribution in [0.3, 0.4) is 0 Å². The first-order chi connectivity index (χ1) is 11.6. The van der Waals surface area contributed by atoms with Gasteiger partial charge in [0.05, 0.1) is 10.6 Å². The quantitative estimate of drug-likeness (QED) is 0.742. The lowest BCUT2D eigenvalue weighted by Gasteiger charge is -2.31. The van der Waals surface area contributed by atoms with Gasteiger partial charge in [-0.05, 0) is 30.4 Å². The number of fused-ring (bicyclic) bond motifs is 1. The molecule has 3 nitrogen and oxygen atoms in total. The summed E-state index contributed by atoms with van der Waals surface area (Å²) in [5.74, 6) is 0.548. The number of nitrogen functional groups attached to an aromatic ring is 1. The zero-order valence-corrected chi connectivity index (χ0v) is 14.6. The maximum atomic E-state index is 6.85. The second kappa shape index (κ2) is 5.98. The van der Waals surface area contributed by atoms with Crippen LogP contribution in [0, 0.1) is 0 Å². The molecule has 1 aromatic heterocycles. The van der Waals surface area contributed by atoms with E-state index in [2.05, 4.69) is 11.2 Å². The maximum Gasteiger partial charge on any atom is 0.226 e. The fraction of sp³-hybridized carbons (Fsp3) is 0.316. The van der Waals surface area contributed by atoms with Crippen LogP contribution in [0.2, 0.25) is 0 Å². The van der Waals surface area contributed by atoms with Crippen molar-refractivity contribution < 1.29 is 4.52 Å². The first-order valence-electron chi connectivity index (χ1n) is 8.14. The van der Waals surface area contributed by atoms with Crippen LogP contribution < -0.4 is 5.73 Å². The molecule has 2 unspecified atom stereocenters. The van der Waals surface area contributed by atoms with Crippen molar-refractivity contribution in [1.82, 2.24) is 5.16 Å². The van der Waals surface area contributed by atoms with E-state index in [9.17, 15) is 0 Å². The lowest BCUT2D eigenvalue weighted by molar-refractivity contribution is 0.427. The number of rotatable bonds is 2. The minimum Gasteiger partial charge on any atom is -0.367 e. The Kier molecular flexibility index (Phi) is 3.93. The molecule has 0 bridgehead atoms. The molecule has 124 valence electrons. The Morgan fingerprint density at radius 2 is 2.04 bits per heavy atom. The van der Waals surface area contributed by atoms with Crippen LogP contribution in [0.5, 0.6) is 0 Å². The largest absolute Gasteiger partial charge is 0.367 e. The minimum absolute atomic E-state index is 0.140. The molecule has 2 N–H and O–H groups in total. The molecule has 0 saturated carbocycles. The highest BCUT2D eigenvalue weighted by Crippen LogP contribution is 2.48. The van der Waals surface area contributed by atoms with E-state index in [0.717, 1.165) is 46.7 Å². The van der Waals surface area contributed by atoms with Gasteiger partial charge in [-0.3, -0.25) is 0 Å². The van der Waals surface area contributed by atoms with Gasteiger partial charge in [-0.25, -0.2) is 0 Å². The van der Waals surface area contributed by atoms with Crippen molar-refractivity contribution in [2.75, 3.05) is 5.73 Å². The van der Waals surface area contributed by atoms with Crippen LogP contribution in [0.1, 0.15) is 42.0 Å². The second-order valence-corrected chi connectivity index (χ2v) is 7.58. The molecule has 0 amide bonds. The van der Waals surface area contributed by atoms with Gasteiger partial charge in [-0.2, -0.15) is 0 Å². The molecule has 0 spiro atoms. The number of aromatic nitrogens is 1. The second-order valence-electron chi connectivity index (χ2n) is 6.45. The van der Waals surface area contributed by atoms with Crippen molar-refractivity contribution in [2.24, 2.45) is 0 Å². The van der Waals surface area contributed by atoms with Crippen molar-refractivity contribution in [3.8, 4) is 0 Å². The number of hydrogen-bond acceptors (Lipinski definition) is 3. The van der Waals surface area contributed by atoms with Crippen molar-refractivity contribution in [3.63, 3.8) is 0 Å². The predicted octanol–water partition coefficient (Wildman–Crippen LogP) is 5.26. The zero-order chi connectivity index (χ0) is 16.7. The smallest absolute Gasteiger partial charge is 0.226 e. The highest BCUT2D eigenvalue weighted by atomic mass is 35.5. The molecule has 1 aromatic carbocycles. The van der Waals surface area contributed by atoms with Gasteiger partial charge in [0.2, 0.25) is 5.88 Å². The summed E-state index contributed by atoms with van der Waals surface area (Å²) in [6.45, 7) is 0. The Bertz CT molecular complexity index is 825. The monoisotopic (exact) mass is 360 g/mol. The standard InChI is InChI=1S/C19H18Cl2N2O/c20-15-11-19(21,12-5-2-1-3-6-12)10-9-13(15)14-7-4-8-16-17(14)18(22)24-23-16/h1-3,5-6,9-10,14H,4,7-8,11,22H2. The summed E-state index contributed by atoms with van der Waals surface area (Å²) in [6.07, 6.45) is 7.62. The fourth-order valence-corrected chi connectivity index (χ4v) is 4.54. The van der Waals surface area contributed by atoms with Crippen molar-refractivity contribution in [2.45, 2.75) is 36.5 Å². The summed E-state index contributed by atoms with van der Waals surface area (Å²) in [5, 5.41) is 4.87. The van der Waals surface area contributed by atoms with Crippen molar-refractivity contribution >= 4 is 29.1 Å². The van der Waals surface area contributed by atoms with Crippen LogP contribution in [-0.4, -0.2) is 5.16 Å². The highest BCUT2D eigenvalue weighted by Gasteiger charge is 2.36. The Balaban J connectivity index is 1.69. The maximum absolute atomic E-state index is 6.85. The molecular formula is C19H18Cl2N2O. The normalized spacial score (nSPS) is 26.5. The number of nitrogens with zero attached hydrogens (tertiary/aromatic N) is 1. The van der Waals surface area contributed by atoms with Gasteiger partial charge in [0, 0.05) is 22.9 Å². The van der Waals surface area contributed by atoms with E-state index in [4.69, 9.17) is 33.5 Å². The summed E-state index contributed by atoms with van der Waals surface area (Å²) in [4.78, 5) is -0.598. The van der Waals surface area contributed by atoms with Crippen LogP contribution in [0.25, 0.3) is 0 Å². The summed E-state index contributed by atoms with van der Waals surface area (Å²) in [6, 6.07) is 10.0. The first kappa shape index (κ1) is 15.8. The first-order valence-corrected chi connectivity index (χ1v) is 8.90. The SMILES string of the molecule is Nc1onc2c1C(C1=C(Cl)CC(Cl)(c3ccccc3)C=C1)CCC2. The predicted molar refractivity (Wildman–Crippen MR) is 97.2 cm³/mol. The lowest BCUT2D eigenvalue weighted by Crippen LogP contribution is -2.21. The van der Waals surface area contributed by atoms with Gasteiger partial charge in [0.15, 0.2) is 0 Å². The van der Waals surface area contributed by atoms with Gasteiger partial charge in [-0.1, -0.05) is 59.2 Å². The average Bonchev–Trinajstić information content (AvgIpc) is 2.98. The number of benzene rings is 1. The van der Waals surface area contributed by atoms with E-state index in [0.29, 0.717) is 12.3 Å². The molecule has 0 saturated heterocycles. The average molecular weight is 361 g/mol. The third-order valence-electron chi connectivity index (χ3n) is 4.97. The molecule has 24 heavy (non-hydrogen) atoms. The van der Waals surface area contributed by atoms with Crippen LogP contribution in [0.4, 0.5) is 5.88 Å². The Morgan fingerprint density at radius 1 is 1.25 bits per heavy atom. The Labute approximate surface area is 151 Å². The van der Waals surface area contributed by atoms with Crippen LogP contribution >= 0.6 is 23.2 Å². The number of nitrogens with two attached hydrogens (primary N) is 1. The van der Waals surface area contributed by atoms with Crippen LogP contribution in [0.15, 0.2) is 57.6 Å². The summed E-state index contributed by atoms with van der Waals surface area (Å²) >= 11 is 13.5. The van der Waals surface area contributed by atoms with Crippen molar-refractivity contribution in [3.05, 3.63) is 69.9 Å². The fourth-order valence-electron chi connectivity index (χ4n) is 3.74. The number of anilines is 1. The Morgan fingerprint density at radius 3 is 2.79 bits per heavy atom. The number of aryl methyl sites for hydroxylation is 1. The van der Waals surface area contributed by atoms with Gasteiger partial charge >= 0.3 is 0 Å². The molecule has 0 aliphatic heterocycles. The van der Waals surface area contributed by atoms with Gasteiger partial charge in [0.25, 0.3) is 0 Å². The summed E-state index contributed by atoms with van der Waals surface area (Å²) in [7, 11) is 0. The van der Waals surface area contributed by atoms with Gasteiger partial charge < -0.3 is 10.3 Å². The lowest BCUT2D eigenvalue weighted by atomic mass is 9.77. The third kappa shape index (κ3) is 2.56. The zero-order valence-electron chi connectivity index (χ0n) is 13.1. The van der Waals surface area contributed by atoms with E-state index in [1.54, 1.807) is 0 Å². The summed E-state index contributed by atoms with van der Waals surface area (Å²) in [5.41, 5.74) is 10.1.